The number of nitrogens with zero attached hydrogens (tertiary/aromatic N) is 2. The first kappa shape index (κ1) is 25.7. The number of carbonyl (C=O) groups excluding carboxylic acids is 1. The molecule has 1 aromatic heterocycles. The van der Waals surface area contributed by atoms with Gasteiger partial charge < -0.3 is 15.8 Å². The number of thiol groups is 2. The Hall–Kier alpha value is -1.94. The van der Waals surface area contributed by atoms with E-state index in [1.165, 1.54) is 0 Å². The Kier molecular flexibility index (Phi) is 10.7. The number of anilines is 1. The van der Waals surface area contributed by atoms with Crippen LogP contribution in [0.3, 0.4) is 0 Å². The first-order valence-corrected chi connectivity index (χ1v) is 13.3. The molecule has 3 N–H and O–H groups in total. The highest BCUT2D eigenvalue weighted by atomic mass is 32.1. The minimum atomic E-state index is 0.0474. The molecule has 1 heterocycles. The molecule has 0 fully saturated rings. The molecule has 3 rings (SSSR count). The van der Waals surface area contributed by atoms with E-state index in [-0.39, 0.29) is 5.91 Å². The first-order chi connectivity index (χ1) is 16.1. The Balaban J connectivity index is 1.41. The molecule has 0 bridgehead atoms. The van der Waals surface area contributed by atoms with Crippen molar-refractivity contribution in [3.8, 4) is 16.3 Å². The Morgan fingerprint density at radius 2 is 1.88 bits per heavy atom. The summed E-state index contributed by atoms with van der Waals surface area (Å²) >= 11 is 10.1. The maximum Gasteiger partial charge on any atom is 0.234 e. The van der Waals surface area contributed by atoms with Crippen LogP contribution in [0.25, 0.3) is 20.8 Å². The van der Waals surface area contributed by atoms with E-state index in [4.69, 9.17) is 15.5 Å². The smallest absolute Gasteiger partial charge is 0.234 e. The van der Waals surface area contributed by atoms with Gasteiger partial charge in [0.25, 0.3) is 0 Å². The third-order valence-electron chi connectivity index (χ3n) is 5.12. The van der Waals surface area contributed by atoms with E-state index in [0.29, 0.717) is 25.4 Å². The Bertz CT molecular complexity index is 1010. The second kappa shape index (κ2) is 13.7. The minimum absolute atomic E-state index is 0.0474. The van der Waals surface area contributed by atoms with Crippen LogP contribution < -0.4 is 15.8 Å². The number of nitrogens with two attached hydrogens (primary N) is 1. The predicted octanol–water partition coefficient (Wildman–Crippen LogP) is 4.37. The minimum Gasteiger partial charge on any atom is -0.494 e. The van der Waals surface area contributed by atoms with E-state index in [2.05, 4.69) is 41.5 Å². The molecule has 0 aliphatic carbocycles. The molecule has 0 aliphatic rings. The largest absolute Gasteiger partial charge is 0.494 e. The summed E-state index contributed by atoms with van der Waals surface area (Å²) < 4.78 is 7.10. The van der Waals surface area contributed by atoms with Crippen molar-refractivity contribution in [3.63, 3.8) is 0 Å². The lowest BCUT2D eigenvalue weighted by atomic mass is 10.2. The number of carbonyl (C=O) groups is 1. The van der Waals surface area contributed by atoms with Crippen LogP contribution in [0.2, 0.25) is 0 Å². The van der Waals surface area contributed by atoms with Gasteiger partial charge in [0, 0.05) is 41.9 Å². The lowest BCUT2D eigenvalue weighted by Crippen LogP contribution is -2.39. The zero-order valence-corrected chi connectivity index (χ0v) is 21.3. The van der Waals surface area contributed by atoms with Crippen molar-refractivity contribution in [3.05, 3.63) is 42.5 Å². The fourth-order valence-corrected chi connectivity index (χ4v) is 4.76. The van der Waals surface area contributed by atoms with Crippen molar-refractivity contribution in [2.45, 2.75) is 19.3 Å². The number of amides is 1. The number of benzene rings is 2. The van der Waals surface area contributed by atoms with Gasteiger partial charge in [0.2, 0.25) is 5.91 Å². The van der Waals surface area contributed by atoms with Gasteiger partial charge in [-0.05, 0) is 62.2 Å². The normalized spacial score (nSPS) is 11.2. The average molecular weight is 505 g/mol. The summed E-state index contributed by atoms with van der Waals surface area (Å²) in [6.45, 7) is 3.36. The van der Waals surface area contributed by atoms with Gasteiger partial charge in [-0.1, -0.05) is 0 Å². The SMILES string of the molecule is Nc1ccc(-c2nc3cc(OCCCCCN(CCS)CC(=O)NCCS)ccc3s2)cc1. The number of rotatable bonds is 14. The Labute approximate surface area is 210 Å². The summed E-state index contributed by atoms with van der Waals surface area (Å²) in [5, 5.41) is 3.84. The zero-order chi connectivity index (χ0) is 23.5. The molecule has 0 saturated heterocycles. The number of unbranched alkanes of at least 4 members (excludes halogenated alkanes) is 2. The molecule has 9 heteroatoms. The number of nitrogen functional groups attached to an aromatic ring is 1. The van der Waals surface area contributed by atoms with Crippen LogP contribution in [0, 0.1) is 0 Å². The monoisotopic (exact) mass is 504 g/mol. The molecule has 178 valence electrons. The van der Waals surface area contributed by atoms with Crippen LogP contribution >= 0.6 is 36.6 Å². The third-order valence-corrected chi connectivity index (χ3v) is 6.63. The van der Waals surface area contributed by atoms with Gasteiger partial charge in [0.15, 0.2) is 0 Å². The number of ether oxygens (including phenoxy) is 1. The third kappa shape index (κ3) is 8.41. The Morgan fingerprint density at radius 1 is 1.06 bits per heavy atom. The first-order valence-electron chi connectivity index (χ1n) is 11.2. The number of hydrogen-bond donors (Lipinski definition) is 4. The van der Waals surface area contributed by atoms with Crippen LogP contribution in [0.15, 0.2) is 42.5 Å². The van der Waals surface area contributed by atoms with Gasteiger partial charge in [-0.25, -0.2) is 4.98 Å². The van der Waals surface area contributed by atoms with Crippen LogP contribution in [-0.4, -0.2) is 60.1 Å². The average Bonchev–Trinajstić information content (AvgIpc) is 3.24. The van der Waals surface area contributed by atoms with Gasteiger partial charge in [-0.2, -0.15) is 25.3 Å². The molecular formula is C24H32N4O2S3. The molecule has 0 radical (unpaired) electrons. The van der Waals surface area contributed by atoms with Crippen molar-refractivity contribution in [2.24, 2.45) is 0 Å². The molecular weight excluding hydrogens is 472 g/mol. The highest BCUT2D eigenvalue weighted by Gasteiger charge is 2.10. The highest BCUT2D eigenvalue weighted by molar-refractivity contribution is 7.80. The zero-order valence-electron chi connectivity index (χ0n) is 18.7. The van der Waals surface area contributed by atoms with Crippen LogP contribution in [0.1, 0.15) is 19.3 Å². The lowest BCUT2D eigenvalue weighted by molar-refractivity contribution is -0.122. The molecule has 33 heavy (non-hydrogen) atoms. The van der Waals surface area contributed by atoms with E-state index in [9.17, 15) is 4.79 Å². The van der Waals surface area contributed by atoms with Crippen molar-refractivity contribution in [1.82, 2.24) is 15.2 Å². The van der Waals surface area contributed by atoms with Crippen LogP contribution in [0.5, 0.6) is 5.75 Å². The van der Waals surface area contributed by atoms with Crippen molar-refractivity contribution >= 4 is 58.4 Å². The van der Waals surface area contributed by atoms with E-state index < -0.39 is 0 Å². The summed E-state index contributed by atoms with van der Waals surface area (Å²) in [6.07, 6.45) is 3.03. The summed E-state index contributed by atoms with van der Waals surface area (Å²) in [6, 6.07) is 13.9. The second-order valence-electron chi connectivity index (χ2n) is 7.75. The van der Waals surface area contributed by atoms with Gasteiger partial charge in [0.05, 0.1) is 23.4 Å². The topological polar surface area (TPSA) is 80.5 Å². The summed E-state index contributed by atoms with van der Waals surface area (Å²) in [5.74, 6) is 2.28. The van der Waals surface area contributed by atoms with Crippen molar-refractivity contribution in [1.29, 1.82) is 0 Å². The molecule has 2 aromatic carbocycles. The van der Waals surface area contributed by atoms with E-state index in [1.807, 2.05) is 36.4 Å². The van der Waals surface area contributed by atoms with Gasteiger partial charge in [0.1, 0.15) is 10.8 Å². The number of hydrogen-bond acceptors (Lipinski definition) is 8. The maximum absolute atomic E-state index is 11.9. The van der Waals surface area contributed by atoms with Gasteiger partial charge in [-0.15, -0.1) is 11.3 Å². The van der Waals surface area contributed by atoms with Gasteiger partial charge >= 0.3 is 0 Å². The van der Waals surface area contributed by atoms with E-state index in [0.717, 1.165) is 70.3 Å². The summed E-state index contributed by atoms with van der Waals surface area (Å²) in [4.78, 5) is 18.8. The molecule has 0 atom stereocenters. The fraction of sp³-hybridized carbons (Fsp3) is 0.417. The molecule has 0 unspecified atom stereocenters. The fourth-order valence-electron chi connectivity index (χ4n) is 3.42. The molecule has 0 spiro atoms. The van der Waals surface area contributed by atoms with Crippen LogP contribution in [0.4, 0.5) is 5.69 Å². The van der Waals surface area contributed by atoms with Crippen molar-refractivity contribution < 1.29 is 9.53 Å². The highest BCUT2D eigenvalue weighted by Crippen LogP contribution is 2.32. The van der Waals surface area contributed by atoms with E-state index >= 15 is 0 Å². The van der Waals surface area contributed by atoms with Gasteiger partial charge in [-0.3, -0.25) is 9.69 Å². The number of fused-ring (bicyclic) bond motifs is 1. The lowest BCUT2D eigenvalue weighted by Gasteiger charge is -2.20. The molecule has 0 aliphatic heterocycles. The quantitative estimate of drug-likeness (QED) is 0.149. The van der Waals surface area contributed by atoms with E-state index in [1.54, 1.807) is 11.3 Å². The molecule has 1 amide bonds. The Morgan fingerprint density at radius 3 is 2.64 bits per heavy atom. The second-order valence-corrected chi connectivity index (χ2v) is 9.68. The molecule has 6 nitrogen and oxygen atoms in total. The standard InChI is InChI=1S/C24H32N4O2S3/c25-19-6-4-18(5-7-19)24-27-21-16-20(8-9-22(21)33-24)30-13-3-1-2-11-28(12-15-32)17-23(29)26-10-14-31/h4-9,16,31-32H,1-3,10-15,17,25H2,(H,26,29). The molecule has 0 saturated carbocycles. The summed E-state index contributed by atoms with van der Waals surface area (Å²) in [7, 11) is 0. The van der Waals surface area contributed by atoms with Crippen LogP contribution in [-0.2, 0) is 4.79 Å². The summed E-state index contributed by atoms with van der Waals surface area (Å²) in [5.41, 5.74) is 8.55. The maximum atomic E-state index is 11.9. The predicted molar refractivity (Wildman–Crippen MR) is 146 cm³/mol. The molecule has 3 aromatic rings. The van der Waals surface area contributed by atoms with Crippen molar-refractivity contribution in [2.75, 3.05) is 50.0 Å². The number of aromatic nitrogens is 1. The number of thiazole rings is 1. The number of nitrogens with one attached hydrogen (secondary N) is 1.